The summed E-state index contributed by atoms with van der Waals surface area (Å²) in [6, 6.07) is 7.95. The molecule has 174 valence electrons. The van der Waals surface area contributed by atoms with Crippen molar-refractivity contribution in [2.24, 2.45) is 4.99 Å². The van der Waals surface area contributed by atoms with E-state index in [1.807, 2.05) is 0 Å². The highest BCUT2D eigenvalue weighted by molar-refractivity contribution is 6.30. The van der Waals surface area contributed by atoms with Gasteiger partial charge < -0.3 is 20.1 Å². The van der Waals surface area contributed by atoms with Crippen LogP contribution < -0.4 is 20.1 Å². The van der Waals surface area contributed by atoms with E-state index in [9.17, 15) is 18.0 Å². The fourth-order valence-corrected chi connectivity index (χ4v) is 3.05. The van der Waals surface area contributed by atoms with Gasteiger partial charge in [0.05, 0.1) is 29.4 Å². The molecule has 1 amide bonds. The number of nitrogens with one attached hydrogen (secondary N) is 2. The molecule has 1 aromatic heterocycles. The number of rotatable bonds is 8. The molecule has 2 N–H and O–H groups in total. The van der Waals surface area contributed by atoms with Gasteiger partial charge in [0.2, 0.25) is 0 Å². The third-order valence-corrected chi connectivity index (χ3v) is 4.66. The maximum absolute atomic E-state index is 12.4. The van der Waals surface area contributed by atoms with Gasteiger partial charge in [0.15, 0.2) is 6.10 Å². The highest BCUT2D eigenvalue weighted by Gasteiger charge is 2.29. The van der Waals surface area contributed by atoms with E-state index in [2.05, 4.69) is 27.0 Å². The molecule has 0 saturated carbocycles. The van der Waals surface area contributed by atoms with Crippen LogP contribution in [0.15, 0.2) is 41.7 Å². The van der Waals surface area contributed by atoms with E-state index in [1.54, 1.807) is 29.6 Å². The summed E-state index contributed by atoms with van der Waals surface area (Å²) in [6.07, 6.45) is -4.43. The zero-order chi connectivity index (χ0) is 24.2. The Hall–Kier alpha value is -3.60. The zero-order valence-corrected chi connectivity index (χ0v) is 18.3. The average molecular weight is 482 g/mol. The number of hydrogen-bond acceptors (Lipinski definition) is 7. The van der Waals surface area contributed by atoms with E-state index < -0.39 is 24.7 Å². The Morgan fingerprint density at radius 3 is 2.67 bits per heavy atom. The van der Waals surface area contributed by atoms with Crippen LogP contribution in [0.3, 0.4) is 0 Å². The first kappa shape index (κ1) is 24.1. The summed E-state index contributed by atoms with van der Waals surface area (Å²) >= 11 is 6.06. The standard InChI is InChI=1S/C21H19ClF3N5O3/c1-11(20(31)27-9-21(23,24)25)33-16-6-12(22)4-5-14(16)30-19-18-15(28-10-29-19)7-13(26-2)8-17(18)32-3/h4-8,10-11H,2,9H2,1,3H3,(H,27,31)(H,28,29,30)/t11-/m1/s1. The summed E-state index contributed by atoms with van der Waals surface area (Å²) in [7, 11) is 1.48. The van der Waals surface area contributed by atoms with E-state index in [0.29, 0.717) is 38.9 Å². The lowest BCUT2D eigenvalue weighted by Crippen LogP contribution is -2.41. The van der Waals surface area contributed by atoms with E-state index in [4.69, 9.17) is 21.1 Å². The van der Waals surface area contributed by atoms with Crippen LogP contribution in [0, 0.1) is 0 Å². The lowest BCUT2D eigenvalue weighted by Gasteiger charge is -2.19. The number of carbonyl (C=O) groups excluding carboxylic acids is 1. The molecule has 1 atom stereocenters. The molecule has 0 unspecified atom stereocenters. The molecule has 1 heterocycles. The van der Waals surface area contributed by atoms with E-state index in [-0.39, 0.29) is 5.75 Å². The summed E-state index contributed by atoms with van der Waals surface area (Å²) in [5.74, 6) is -0.00716. The largest absolute Gasteiger partial charge is 0.496 e. The third kappa shape index (κ3) is 6.01. The van der Waals surface area contributed by atoms with Gasteiger partial charge in [0.25, 0.3) is 5.91 Å². The molecular formula is C21H19ClF3N5O3. The SMILES string of the molecule is C=Nc1cc(OC)c2c(Nc3ccc(Cl)cc3O[C@H](C)C(=O)NCC(F)(F)F)ncnc2c1. The molecule has 0 bridgehead atoms. The molecule has 8 nitrogen and oxygen atoms in total. The number of halogens is 4. The second-order valence-electron chi connectivity index (χ2n) is 6.78. The Kier molecular flexibility index (Phi) is 7.22. The number of anilines is 2. The molecule has 0 fully saturated rings. The van der Waals surface area contributed by atoms with Crippen LogP contribution in [0.4, 0.5) is 30.4 Å². The summed E-state index contributed by atoms with van der Waals surface area (Å²) in [6.45, 7) is 3.36. The number of hydrogen-bond donors (Lipinski definition) is 2. The van der Waals surface area contributed by atoms with Crippen molar-refractivity contribution in [2.75, 3.05) is 19.0 Å². The molecule has 12 heteroatoms. The molecule has 0 radical (unpaired) electrons. The second kappa shape index (κ2) is 9.90. The van der Waals surface area contributed by atoms with Gasteiger partial charge in [0.1, 0.15) is 30.2 Å². The minimum Gasteiger partial charge on any atom is -0.496 e. The number of methoxy groups -OCH3 is 1. The number of benzene rings is 2. The average Bonchev–Trinajstić information content (AvgIpc) is 2.77. The highest BCUT2D eigenvalue weighted by atomic mass is 35.5. The summed E-state index contributed by atoms with van der Waals surface area (Å²) in [5, 5.41) is 5.71. The molecule has 33 heavy (non-hydrogen) atoms. The van der Waals surface area contributed by atoms with Gasteiger partial charge in [-0.25, -0.2) is 9.97 Å². The molecular weight excluding hydrogens is 463 g/mol. The number of alkyl halides is 3. The fourth-order valence-electron chi connectivity index (χ4n) is 2.89. The van der Waals surface area contributed by atoms with Gasteiger partial charge in [-0.1, -0.05) is 11.6 Å². The molecule has 3 aromatic rings. The topological polar surface area (TPSA) is 97.7 Å². The third-order valence-electron chi connectivity index (χ3n) is 4.42. The van der Waals surface area contributed by atoms with Crippen molar-refractivity contribution in [1.29, 1.82) is 0 Å². The summed E-state index contributed by atoms with van der Waals surface area (Å²) in [5.41, 5.74) is 1.45. The van der Waals surface area contributed by atoms with Gasteiger partial charge in [-0.2, -0.15) is 13.2 Å². The zero-order valence-electron chi connectivity index (χ0n) is 17.5. The number of amides is 1. The smallest absolute Gasteiger partial charge is 0.405 e. The van der Waals surface area contributed by atoms with Crippen molar-refractivity contribution < 1.29 is 27.4 Å². The van der Waals surface area contributed by atoms with Crippen molar-refractivity contribution in [3.05, 3.63) is 41.7 Å². The van der Waals surface area contributed by atoms with Crippen LogP contribution in [0.5, 0.6) is 11.5 Å². The number of carbonyl (C=O) groups is 1. The van der Waals surface area contributed by atoms with Gasteiger partial charge in [-0.05, 0) is 31.8 Å². The van der Waals surface area contributed by atoms with E-state index in [0.717, 1.165) is 0 Å². The fraction of sp³-hybridized carbons (Fsp3) is 0.238. The molecule has 0 spiro atoms. The predicted molar refractivity (Wildman–Crippen MR) is 119 cm³/mol. The van der Waals surface area contributed by atoms with Crippen LogP contribution in [0.2, 0.25) is 5.02 Å². The lowest BCUT2D eigenvalue weighted by molar-refractivity contribution is -0.142. The number of fused-ring (bicyclic) bond motifs is 1. The first-order valence-electron chi connectivity index (χ1n) is 9.48. The summed E-state index contributed by atoms with van der Waals surface area (Å²) < 4.78 is 48.2. The first-order valence-corrected chi connectivity index (χ1v) is 9.86. The maximum atomic E-state index is 12.4. The normalized spacial score (nSPS) is 12.2. The van der Waals surface area contributed by atoms with Crippen molar-refractivity contribution in [1.82, 2.24) is 15.3 Å². The van der Waals surface area contributed by atoms with Gasteiger partial charge in [-0.3, -0.25) is 9.79 Å². The van der Waals surface area contributed by atoms with Crippen LogP contribution in [-0.4, -0.2) is 48.5 Å². The van der Waals surface area contributed by atoms with Crippen molar-refractivity contribution >= 4 is 52.3 Å². The van der Waals surface area contributed by atoms with Crippen molar-refractivity contribution in [3.63, 3.8) is 0 Å². The van der Waals surface area contributed by atoms with E-state index in [1.165, 1.54) is 26.4 Å². The Morgan fingerprint density at radius 2 is 2.00 bits per heavy atom. The van der Waals surface area contributed by atoms with Crippen molar-refractivity contribution in [3.8, 4) is 11.5 Å². The maximum Gasteiger partial charge on any atom is 0.405 e. The number of aromatic nitrogens is 2. The quantitative estimate of drug-likeness (QED) is 0.448. The van der Waals surface area contributed by atoms with Gasteiger partial charge in [0, 0.05) is 17.2 Å². The second-order valence-corrected chi connectivity index (χ2v) is 7.22. The molecule has 0 aliphatic heterocycles. The molecule has 2 aromatic carbocycles. The monoisotopic (exact) mass is 481 g/mol. The Bertz CT molecular complexity index is 1190. The van der Waals surface area contributed by atoms with Crippen LogP contribution in [0.1, 0.15) is 6.92 Å². The molecule has 0 aliphatic rings. The van der Waals surface area contributed by atoms with Gasteiger partial charge in [-0.15, -0.1) is 0 Å². The molecule has 0 aliphatic carbocycles. The van der Waals surface area contributed by atoms with Crippen LogP contribution in [-0.2, 0) is 4.79 Å². The molecule has 3 rings (SSSR count). The molecule has 0 saturated heterocycles. The summed E-state index contributed by atoms with van der Waals surface area (Å²) in [4.78, 5) is 24.4. The Morgan fingerprint density at radius 1 is 1.24 bits per heavy atom. The number of aliphatic imine (C=N–C) groups is 1. The van der Waals surface area contributed by atoms with E-state index >= 15 is 0 Å². The number of ether oxygens (including phenoxy) is 2. The predicted octanol–water partition coefficient (Wildman–Crippen LogP) is 4.81. The highest BCUT2D eigenvalue weighted by Crippen LogP contribution is 2.37. The Balaban J connectivity index is 1.92. The Labute approximate surface area is 191 Å². The van der Waals surface area contributed by atoms with Crippen LogP contribution in [0.25, 0.3) is 10.9 Å². The van der Waals surface area contributed by atoms with Crippen LogP contribution >= 0.6 is 11.6 Å². The van der Waals surface area contributed by atoms with Crippen molar-refractivity contribution in [2.45, 2.75) is 19.2 Å². The van der Waals surface area contributed by atoms with Gasteiger partial charge >= 0.3 is 6.18 Å². The number of nitrogens with zero attached hydrogens (tertiary/aromatic N) is 3. The first-order chi connectivity index (χ1) is 15.6. The lowest BCUT2D eigenvalue weighted by atomic mass is 10.2. The minimum atomic E-state index is -4.54. The minimum absolute atomic E-state index is 0.132.